The number of amides is 2. The Morgan fingerprint density at radius 2 is 1.88 bits per heavy atom. The van der Waals surface area contributed by atoms with E-state index >= 15 is 0 Å². The Balaban J connectivity index is 1.37. The molecule has 2 aromatic rings. The van der Waals surface area contributed by atoms with Gasteiger partial charge in [-0.15, -0.1) is 11.8 Å². The summed E-state index contributed by atoms with van der Waals surface area (Å²) < 4.78 is 0. The van der Waals surface area contributed by atoms with Gasteiger partial charge in [-0.05, 0) is 36.6 Å². The van der Waals surface area contributed by atoms with E-state index in [1.807, 2.05) is 42.5 Å². The molecule has 130 valence electrons. The normalized spacial score (nSPS) is 16.0. The standard InChI is InChI=1S/C20H22N2O2S/c23-19(21-12-13-25-17-7-2-1-3-8-17)11-10-16-14-15-6-4-5-9-18(15)22-20(16)24/h1-9,16H,10-14H2,(H,21,23)(H,22,24). The third-order valence-corrected chi connectivity index (χ3v) is 5.28. The van der Waals surface area contributed by atoms with Gasteiger partial charge >= 0.3 is 0 Å². The monoisotopic (exact) mass is 354 g/mol. The summed E-state index contributed by atoms with van der Waals surface area (Å²) in [4.78, 5) is 25.3. The van der Waals surface area contributed by atoms with Gasteiger partial charge in [0, 0.05) is 35.2 Å². The Labute approximate surface area is 152 Å². The lowest BCUT2D eigenvalue weighted by molar-refractivity contribution is -0.122. The van der Waals surface area contributed by atoms with Crippen LogP contribution in [0.15, 0.2) is 59.5 Å². The number of benzene rings is 2. The Morgan fingerprint density at radius 1 is 1.12 bits per heavy atom. The molecule has 25 heavy (non-hydrogen) atoms. The molecule has 0 fully saturated rings. The molecule has 2 N–H and O–H groups in total. The third-order valence-electron chi connectivity index (χ3n) is 4.27. The summed E-state index contributed by atoms with van der Waals surface area (Å²) in [7, 11) is 0. The van der Waals surface area contributed by atoms with Gasteiger partial charge in [0.15, 0.2) is 0 Å². The number of hydrogen-bond acceptors (Lipinski definition) is 3. The van der Waals surface area contributed by atoms with Gasteiger partial charge in [0.25, 0.3) is 0 Å². The fourth-order valence-corrected chi connectivity index (χ4v) is 3.71. The van der Waals surface area contributed by atoms with Crippen LogP contribution in [0, 0.1) is 5.92 Å². The van der Waals surface area contributed by atoms with E-state index in [2.05, 4.69) is 22.8 Å². The molecule has 0 radical (unpaired) electrons. The molecule has 3 rings (SSSR count). The molecule has 2 amide bonds. The van der Waals surface area contributed by atoms with Crippen LogP contribution in [-0.4, -0.2) is 24.1 Å². The summed E-state index contributed by atoms with van der Waals surface area (Å²) in [6.07, 6.45) is 1.67. The summed E-state index contributed by atoms with van der Waals surface area (Å²) in [6, 6.07) is 18.0. The first kappa shape index (κ1) is 17.5. The van der Waals surface area contributed by atoms with Gasteiger partial charge in [-0.2, -0.15) is 0 Å². The van der Waals surface area contributed by atoms with E-state index < -0.39 is 0 Å². The van der Waals surface area contributed by atoms with Crippen LogP contribution in [-0.2, 0) is 16.0 Å². The summed E-state index contributed by atoms with van der Waals surface area (Å²) in [5.74, 6) is 0.748. The molecule has 1 aliphatic rings. The van der Waals surface area contributed by atoms with Crippen LogP contribution in [0.2, 0.25) is 0 Å². The van der Waals surface area contributed by atoms with Crippen molar-refractivity contribution in [1.82, 2.24) is 5.32 Å². The lowest BCUT2D eigenvalue weighted by atomic mass is 9.89. The van der Waals surface area contributed by atoms with E-state index in [0.717, 1.165) is 17.0 Å². The first-order chi connectivity index (χ1) is 12.2. The molecule has 0 spiro atoms. The van der Waals surface area contributed by atoms with E-state index in [9.17, 15) is 9.59 Å². The van der Waals surface area contributed by atoms with Crippen LogP contribution in [0.3, 0.4) is 0 Å². The molecule has 0 aromatic heterocycles. The zero-order valence-corrected chi connectivity index (χ0v) is 14.9. The quantitative estimate of drug-likeness (QED) is 0.591. The van der Waals surface area contributed by atoms with E-state index in [1.54, 1.807) is 11.8 Å². The lowest BCUT2D eigenvalue weighted by Gasteiger charge is -2.24. The fourth-order valence-electron chi connectivity index (χ4n) is 2.92. The topological polar surface area (TPSA) is 58.2 Å². The Bertz CT molecular complexity index is 733. The predicted molar refractivity (Wildman–Crippen MR) is 102 cm³/mol. The van der Waals surface area contributed by atoms with Crippen molar-refractivity contribution in [3.05, 3.63) is 60.2 Å². The molecule has 1 atom stereocenters. The molecule has 0 saturated heterocycles. The van der Waals surface area contributed by atoms with E-state index in [4.69, 9.17) is 0 Å². The van der Waals surface area contributed by atoms with E-state index in [0.29, 0.717) is 25.8 Å². The first-order valence-electron chi connectivity index (χ1n) is 8.55. The number of carbonyl (C=O) groups is 2. The van der Waals surface area contributed by atoms with Crippen LogP contribution in [0.1, 0.15) is 18.4 Å². The van der Waals surface area contributed by atoms with Gasteiger partial charge in [-0.3, -0.25) is 9.59 Å². The average Bonchev–Trinajstić information content (AvgIpc) is 2.64. The number of rotatable bonds is 7. The highest BCUT2D eigenvalue weighted by Crippen LogP contribution is 2.27. The van der Waals surface area contributed by atoms with Gasteiger partial charge in [0.05, 0.1) is 0 Å². The van der Waals surface area contributed by atoms with Gasteiger partial charge in [0.1, 0.15) is 0 Å². The highest BCUT2D eigenvalue weighted by molar-refractivity contribution is 7.99. The molecule has 1 unspecified atom stereocenters. The minimum Gasteiger partial charge on any atom is -0.355 e. The molecular formula is C20H22N2O2S. The minimum atomic E-state index is -0.126. The second-order valence-corrected chi connectivity index (χ2v) is 7.27. The SMILES string of the molecule is O=C(CCC1Cc2ccccc2NC1=O)NCCSc1ccccc1. The number of hydrogen-bond donors (Lipinski definition) is 2. The van der Waals surface area contributed by atoms with Crippen molar-refractivity contribution in [1.29, 1.82) is 0 Å². The van der Waals surface area contributed by atoms with Crippen LogP contribution in [0.4, 0.5) is 5.69 Å². The molecule has 2 aromatic carbocycles. The highest BCUT2D eigenvalue weighted by Gasteiger charge is 2.26. The van der Waals surface area contributed by atoms with Crippen molar-refractivity contribution >= 4 is 29.3 Å². The number of anilines is 1. The summed E-state index contributed by atoms with van der Waals surface area (Å²) >= 11 is 1.72. The molecular weight excluding hydrogens is 332 g/mol. The van der Waals surface area contributed by atoms with Crippen LogP contribution < -0.4 is 10.6 Å². The molecule has 0 aliphatic carbocycles. The largest absolute Gasteiger partial charge is 0.355 e. The van der Waals surface area contributed by atoms with Crippen molar-refractivity contribution in [2.75, 3.05) is 17.6 Å². The van der Waals surface area contributed by atoms with Gasteiger partial charge in [0.2, 0.25) is 11.8 Å². The molecule has 4 nitrogen and oxygen atoms in total. The minimum absolute atomic E-state index is 0.0142. The second-order valence-electron chi connectivity index (χ2n) is 6.10. The maximum atomic E-state index is 12.1. The molecule has 0 bridgehead atoms. The van der Waals surface area contributed by atoms with Crippen molar-refractivity contribution in [2.45, 2.75) is 24.2 Å². The van der Waals surface area contributed by atoms with Crippen LogP contribution in [0.5, 0.6) is 0 Å². The summed E-state index contributed by atoms with van der Waals surface area (Å²) in [5.41, 5.74) is 2.04. The van der Waals surface area contributed by atoms with Crippen LogP contribution in [0.25, 0.3) is 0 Å². The maximum absolute atomic E-state index is 12.1. The number of thioether (sulfide) groups is 1. The Morgan fingerprint density at radius 3 is 2.72 bits per heavy atom. The number of carbonyl (C=O) groups excluding carboxylic acids is 2. The molecule has 1 heterocycles. The van der Waals surface area contributed by atoms with Gasteiger partial charge < -0.3 is 10.6 Å². The zero-order valence-electron chi connectivity index (χ0n) is 14.0. The van der Waals surface area contributed by atoms with Crippen molar-refractivity contribution in [3.63, 3.8) is 0 Å². The number of para-hydroxylation sites is 1. The second kappa shape index (κ2) is 8.72. The van der Waals surface area contributed by atoms with Gasteiger partial charge in [-0.25, -0.2) is 0 Å². The molecule has 1 aliphatic heterocycles. The predicted octanol–water partition coefficient (Wildman–Crippen LogP) is 3.49. The Kier molecular flexibility index (Phi) is 6.12. The average molecular weight is 354 g/mol. The molecule has 5 heteroatoms. The maximum Gasteiger partial charge on any atom is 0.227 e. The lowest BCUT2D eigenvalue weighted by Crippen LogP contribution is -2.32. The Hall–Kier alpha value is -2.27. The van der Waals surface area contributed by atoms with E-state index in [-0.39, 0.29) is 17.7 Å². The van der Waals surface area contributed by atoms with Gasteiger partial charge in [-0.1, -0.05) is 36.4 Å². The first-order valence-corrected chi connectivity index (χ1v) is 9.54. The zero-order chi connectivity index (χ0) is 17.5. The number of fused-ring (bicyclic) bond motifs is 1. The summed E-state index contributed by atoms with van der Waals surface area (Å²) in [5, 5.41) is 5.87. The third kappa shape index (κ3) is 5.10. The summed E-state index contributed by atoms with van der Waals surface area (Å²) in [6.45, 7) is 0.637. The van der Waals surface area contributed by atoms with Crippen molar-refractivity contribution < 1.29 is 9.59 Å². The smallest absolute Gasteiger partial charge is 0.227 e. The van der Waals surface area contributed by atoms with Crippen LogP contribution >= 0.6 is 11.8 Å². The number of nitrogens with one attached hydrogen (secondary N) is 2. The van der Waals surface area contributed by atoms with Crippen molar-refractivity contribution in [2.24, 2.45) is 5.92 Å². The fraction of sp³-hybridized carbons (Fsp3) is 0.300. The highest BCUT2D eigenvalue weighted by atomic mass is 32.2. The van der Waals surface area contributed by atoms with E-state index in [1.165, 1.54) is 4.90 Å². The molecule has 0 saturated carbocycles. The van der Waals surface area contributed by atoms with Crippen molar-refractivity contribution in [3.8, 4) is 0 Å².